The molecule has 0 saturated heterocycles. The lowest BCUT2D eigenvalue weighted by Crippen LogP contribution is -2.33. The van der Waals surface area contributed by atoms with E-state index in [1.165, 1.54) is 18.2 Å². The van der Waals surface area contributed by atoms with Crippen molar-refractivity contribution in [2.45, 2.75) is 38.4 Å². The second-order valence-corrected chi connectivity index (χ2v) is 5.27. The molecule has 1 aromatic carbocycles. The molecule has 0 heterocycles. The average Bonchev–Trinajstić information content (AvgIpc) is 2.45. The highest BCUT2D eigenvalue weighted by Crippen LogP contribution is 2.24. The summed E-state index contributed by atoms with van der Waals surface area (Å²) in [4.78, 5) is 12.1. The average molecular weight is 299 g/mol. The Bertz CT molecular complexity index is 482. The number of amides is 1. The van der Waals surface area contributed by atoms with Crippen LogP contribution in [0.3, 0.4) is 0 Å². The van der Waals surface area contributed by atoms with Crippen LogP contribution in [0.2, 0.25) is 0 Å². The minimum Gasteiger partial charge on any atom is -0.434 e. The van der Waals surface area contributed by atoms with Gasteiger partial charge in [0.15, 0.2) is 0 Å². The quantitative estimate of drug-likeness (QED) is 0.878. The molecule has 0 aromatic heterocycles. The summed E-state index contributed by atoms with van der Waals surface area (Å²) < 4.78 is 28.9. The number of alkyl halides is 2. The monoisotopic (exact) mass is 299 g/mol. The number of carbonyl (C=O) groups is 1. The van der Waals surface area contributed by atoms with Gasteiger partial charge in [-0.3, -0.25) is 4.79 Å². The van der Waals surface area contributed by atoms with E-state index in [9.17, 15) is 18.7 Å². The molecule has 0 spiro atoms. The Hall–Kier alpha value is -1.69. The van der Waals surface area contributed by atoms with E-state index >= 15 is 0 Å². The molecule has 1 amide bonds. The highest BCUT2D eigenvalue weighted by Gasteiger charge is 2.21. The molecule has 1 aromatic rings. The maximum atomic E-state index is 12.3. The number of para-hydroxylation sites is 1. The molecule has 21 heavy (non-hydrogen) atoms. The Morgan fingerprint density at radius 1 is 1.38 bits per heavy atom. The van der Waals surface area contributed by atoms with Gasteiger partial charge in [-0.1, -0.05) is 18.6 Å². The van der Waals surface area contributed by atoms with E-state index in [-0.39, 0.29) is 23.3 Å². The van der Waals surface area contributed by atoms with Crippen LogP contribution in [0.5, 0.6) is 5.75 Å². The summed E-state index contributed by atoms with van der Waals surface area (Å²) in [6, 6.07) is 5.91. The Kier molecular flexibility index (Phi) is 5.50. The molecule has 1 aliphatic carbocycles. The number of aliphatic hydroxyl groups is 1. The van der Waals surface area contributed by atoms with Crippen LogP contribution in [-0.4, -0.2) is 30.3 Å². The molecule has 6 heteroatoms. The number of carbonyl (C=O) groups excluding carboxylic acids is 1. The summed E-state index contributed by atoms with van der Waals surface area (Å²) in [5.41, 5.74) is 0.0918. The van der Waals surface area contributed by atoms with Gasteiger partial charge in [0.05, 0.1) is 11.7 Å². The van der Waals surface area contributed by atoms with Crippen molar-refractivity contribution in [2.75, 3.05) is 6.54 Å². The molecule has 1 saturated carbocycles. The molecule has 1 fully saturated rings. The standard InChI is InChI=1S/C15H19F2NO3/c16-15(17)21-13-7-2-1-6-12(13)14(20)18-9-10-4-3-5-11(19)8-10/h1-2,6-7,10-11,15,19H,3-5,8-9H2,(H,18,20). The van der Waals surface area contributed by atoms with Gasteiger partial charge in [0, 0.05) is 6.54 Å². The molecular weight excluding hydrogens is 280 g/mol. The zero-order chi connectivity index (χ0) is 15.2. The molecule has 2 N–H and O–H groups in total. The number of aliphatic hydroxyl groups excluding tert-OH is 1. The largest absolute Gasteiger partial charge is 0.434 e. The molecule has 2 atom stereocenters. The maximum Gasteiger partial charge on any atom is 0.387 e. The third-order valence-electron chi connectivity index (χ3n) is 3.65. The van der Waals surface area contributed by atoms with E-state index in [0.717, 1.165) is 19.3 Å². The molecular formula is C15H19F2NO3. The summed E-state index contributed by atoms with van der Waals surface area (Å²) in [6.45, 7) is -2.54. The molecule has 116 valence electrons. The number of halogens is 2. The first-order chi connectivity index (χ1) is 10.1. The van der Waals surface area contributed by atoms with Gasteiger partial charge < -0.3 is 15.2 Å². The third-order valence-corrected chi connectivity index (χ3v) is 3.65. The lowest BCUT2D eigenvalue weighted by Gasteiger charge is -2.26. The second-order valence-electron chi connectivity index (χ2n) is 5.27. The Morgan fingerprint density at radius 2 is 2.14 bits per heavy atom. The Labute approximate surface area is 122 Å². The summed E-state index contributed by atoms with van der Waals surface area (Å²) in [5, 5.41) is 12.3. The normalized spacial score (nSPS) is 22.1. The summed E-state index contributed by atoms with van der Waals surface area (Å²) in [7, 11) is 0. The summed E-state index contributed by atoms with van der Waals surface area (Å²) in [5.74, 6) is -0.346. The zero-order valence-corrected chi connectivity index (χ0v) is 11.6. The molecule has 2 rings (SSSR count). The van der Waals surface area contributed by atoms with Crippen molar-refractivity contribution in [3.05, 3.63) is 29.8 Å². The van der Waals surface area contributed by atoms with Gasteiger partial charge in [0.1, 0.15) is 5.75 Å². The number of nitrogens with one attached hydrogen (secondary N) is 1. The summed E-state index contributed by atoms with van der Waals surface area (Å²) >= 11 is 0. The van der Waals surface area contributed by atoms with E-state index < -0.39 is 12.5 Å². The first-order valence-electron chi connectivity index (χ1n) is 7.06. The van der Waals surface area contributed by atoms with Crippen LogP contribution in [0.25, 0.3) is 0 Å². The van der Waals surface area contributed by atoms with Crippen molar-refractivity contribution in [2.24, 2.45) is 5.92 Å². The minimum absolute atomic E-state index is 0.0918. The van der Waals surface area contributed by atoms with Crippen molar-refractivity contribution in [1.29, 1.82) is 0 Å². The second kappa shape index (κ2) is 7.36. The predicted octanol–water partition coefficient (Wildman–Crippen LogP) is 2.57. The topological polar surface area (TPSA) is 58.6 Å². The van der Waals surface area contributed by atoms with Gasteiger partial charge in [-0.2, -0.15) is 8.78 Å². The van der Waals surface area contributed by atoms with E-state index in [4.69, 9.17) is 0 Å². The fourth-order valence-electron chi connectivity index (χ4n) is 2.63. The van der Waals surface area contributed by atoms with Crippen molar-refractivity contribution in [3.8, 4) is 5.75 Å². The van der Waals surface area contributed by atoms with Gasteiger partial charge >= 0.3 is 6.61 Å². The van der Waals surface area contributed by atoms with Gasteiger partial charge in [-0.05, 0) is 37.3 Å². The fraction of sp³-hybridized carbons (Fsp3) is 0.533. The fourth-order valence-corrected chi connectivity index (χ4v) is 2.63. The first-order valence-corrected chi connectivity index (χ1v) is 7.06. The SMILES string of the molecule is O=C(NCC1CCCC(O)C1)c1ccccc1OC(F)F. The van der Waals surface area contributed by atoms with Crippen LogP contribution in [0.15, 0.2) is 24.3 Å². The number of rotatable bonds is 5. The third kappa shape index (κ3) is 4.67. The van der Waals surface area contributed by atoms with Crippen LogP contribution in [0, 0.1) is 5.92 Å². The summed E-state index contributed by atoms with van der Waals surface area (Å²) in [6.07, 6.45) is 3.04. The van der Waals surface area contributed by atoms with Gasteiger partial charge in [0.2, 0.25) is 0 Å². The maximum absolute atomic E-state index is 12.3. The van der Waals surface area contributed by atoms with Crippen molar-refractivity contribution >= 4 is 5.91 Å². The zero-order valence-electron chi connectivity index (χ0n) is 11.6. The molecule has 4 nitrogen and oxygen atoms in total. The lowest BCUT2D eigenvalue weighted by atomic mass is 9.87. The van der Waals surface area contributed by atoms with Crippen molar-refractivity contribution in [3.63, 3.8) is 0 Å². The van der Waals surface area contributed by atoms with Crippen LogP contribution in [0.1, 0.15) is 36.0 Å². The molecule has 1 aliphatic rings. The van der Waals surface area contributed by atoms with Crippen molar-refractivity contribution < 1.29 is 23.4 Å². The number of benzene rings is 1. The molecule has 0 bridgehead atoms. The van der Waals surface area contributed by atoms with Crippen LogP contribution in [-0.2, 0) is 0 Å². The number of hydrogen-bond donors (Lipinski definition) is 2. The Morgan fingerprint density at radius 3 is 2.86 bits per heavy atom. The first kappa shape index (κ1) is 15.7. The van der Waals surface area contributed by atoms with E-state index in [1.807, 2.05) is 0 Å². The smallest absolute Gasteiger partial charge is 0.387 e. The van der Waals surface area contributed by atoms with Crippen LogP contribution >= 0.6 is 0 Å². The van der Waals surface area contributed by atoms with Gasteiger partial charge in [0.25, 0.3) is 5.91 Å². The van der Waals surface area contributed by atoms with Crippen LogP contribution in [0.4, 0.5) is 8.78 Å². The van der Waals surface area contributed by atoms with E-state index in [0.29, 0.717) is 13.0 Å². The highest BCUT2D eigenvalue weighted by atomic mass is 19.3. The highest BCUT2D eigenvalue weighted by molar-refractivity contribution is 5.96. The Balaban J connectivity index is 1.94. The molecule has 0 radical (unpaired) electrons. The van der Waals surface area contributed by atoms with E-state index in [2.05, 4.69) is 10.1 Å². The lowest BCUT2D eigenvalue weighted by molar-refractivity contribution is -0.0501. The molecule has 0 aliphatic heterocycles. The predicted molar refractivity (Wildman–Crippen MR) is 73.4 cm³/mol. The van der Waals surface area contributed by atoms with E-state index in [1.54, 1.807) is 6.07 Å². The minimum atomic E-state index is -2.97. The van der Waals surface area contributed by atoms with Gasteiger partial charge in [-0.15, -0.1) is 0 Å². The van der Waals surface area contributed by atoms with Gasteiger partial charge in [-0.25, -0.2) is 0 Å². The van der Waals surface area contributed by atoms with Crippen molar-refractivity contribution in [1.82, 2.24) is 5.32 Å². The number of ether oxygens (including phenoxy) is 1. The van der Waals surface area contributed by atoms with Crippen LogP contribution < -0.4 is 10.1 Å². The molecule has 2 unspecified atom stereocenters. The number of hydrogen-bond acceptors (Lipinski definition) is 3.